The Morgan fingerprint density at radius 2 is 2.17 bits per heavy atom. The van der Waals surface area contributed by atoms with Crippen molar-refractivity contribution >= 4 is 17.7 Å². The van der Waals surface area contributed by atoms with Crippen LogP contribution in [0.3, 0.4) is 0 Å². The first kappa shape index (κ1) is 11.3. The van der Waals surface area contributed by atoms with Crippen LogP contribution in [0.25, 0.3) is 0 Å². The summed E-state index contributed by atoms with van der Waals surface area (Å²) in [6.07, 6.45) is 1.18. The van der Waals surface area contributed by atoms with Crippen molar-refractivity contribution in [1.82, 2.24) is 5.32 Å². The minimum Gasteiger partial charge on any atom is -0.444 e. The maximum atomic E-state index is 10.9. The molecule has 0 radical (unpaired) electrons. The largest absolute Gasteiger partial charge is 0.444 e. The quantitative estimate of drug-likeness (QED) is 0.727. The molecule has 0 aliphatic carbocycles. The maximum absolute atomic E-state index is 10.9. The van der Waals surface area contributed by atoms with Crippen molar-refractivity contribution in [2.24, 2.45) is 0 Å². The summed E-state index contributed by atoms with van der Waals surface area (Å²) in [5.74, 6) is 0. The molecular weight excluding hydrogens is 178 g/mol. The molecule has 4 heteroatoms. The lowest BCUT2D eigenvalue weighted by Gasteiger charge is -2.19. The number of nitrogens with one attached hydrogen (secondary N) is 1. The first-order valence-corrected chi connectivity index (χ1v) is 4.11. The van der Waals surface area contributed by atoms with Crippen molar-refractivity contribution in [3.8, 4) is 0 Å². The summed E-state index contributed by atoms with van der Waals surface area (Å²) in [7, 11) is 0. The lowest BCUT2D eigenvalue weighted by Crippen LogP contribution is -2.32. The van der Waals surface area contributed by atoms with Gasteiger partial charge in [0.05, 0.1) is 0 Å². The highest BCUT2D eigenvalue weighted by Gasteiger charge is 2.14. The van der Waals surface area contributed by atoms with E-state index in [9.17, 15) is 4.79 Å². The van der Waals surface area contributed by atoms with E-state index in [-0.39, 0.29) is 0 Å². The normalized spacial score (nSPS) is 11.7. The van der Waals surface area contributed by atoms with Crippen molar-refractivity contribution in [2.75, 3.05) is 6.54 Å². The van der Waals surface area contributed by atoms with Crippen LogP contribution in [-0.2, 0) is 4.74 Å². The Kier molecular flexibility index (Phi) is 4.74. The van der Waals surface area contributed by atoms with E-state index in [1.807, 2.05) is 20.8 Å². The molecule has 0 aromatic heterocycles. The molecule has 0 aromatic carbocycles. The minimum absolute atomic E-state index is 0.387. The van der Waals surface area contributed by atoms with Gasteiger partial charge in [-0.15, -0.1) is 0 Å². The molecule has 0 saturated carbocycles. The highest BCUT2D eigenvalue weighted by molar-refractivity contribution is 6.25. The third-order valence-corrected chi connectivity index (χ3v) is 1.03. The van der Waals surface area contributed by atoms with Gasteiger partial charge in [-0.25, -0.2) is 4.79 Å². The van der Waals surface area contributed by atoms with Gasteiger partial charge in [0.1, 0.15) is 5.60 Å². The SMILES string of the molecule is CC(C)(C)OC(=O)NC/C=C/Cl. The Morgan fingerprint density at radius 1 is 1.58 bits per heavy atom. The zero-order valence-corrected chi connectivity index (χ0v) is 8.31. The summed E-state index contributed by atoms with van der Waals surface area (Å²) >= 11 is 5.25. The van der Waals surface area contributed by atoms with Gasteiger partial charge in [0.15, 0.2) is 0 Å². The molecule has 0 bridgehead atoms. The Balaban J connectivity index is 3.61. The summed E-state index contributed by atoms with van der Waals surface area (Å²) in [5, 5.41) is 2.51. The predicted octanol–water partition coefficient (Wildman–Crippen LogP) is 2.26. The van der Waals surface area contributed by atoms with Gasteiger partial charge in [0.25, 0.3) is 0 Å². The number of hydrogen-bond donors (Lipinski definition) is 1. The summed E-state index contributed by atoms with van der Waals surface area (Å²) in [6.45, 7) is 5.82. The van der Waals surface area contributed by atoms with Gasteiger partial charge in [0.2, 0.25) is 0 Å². The number of ether oxygens (including phenoxy) is 1. The Morgan fingerprint density at radius 3 is 2.58 bits per heavy atom. The van der Waals surface area contributed by atoms with Gasteiger partial charge in [-0.05, 0) is 20.8 Å². The molecule has 1 N–H and O–H groups in total. The van der Waals surface area contributed by atoms with Crippen LogP contribution in [-0.4, -0.2) is 18.2 Å². The van der Waals surface area contributed by atoms with Gasteiger partial charge >= 0.3 is 6.09 Å². The van der Waals surface area contributed by atoms with Crippen molar-refractivity contribution < 1.29 is 9.53 Å². The van der Waals surface area contributed by atoms with Crippen LogP contribution < -0.4 is 5.32 Å². The second kappa shape index (κ2) is 5.04. The van der Waals surface area contributed by atoms with Crippen molar-refractivity contribution in [1.29, 1.82) is 0 Å². The molecule has 0 unspecified atom stereocenters. The molecule has 1 amide bonds. The average molecular weight is 192 g/mol. The van der Waals surface area contributed by atoms with Crippen molar-refractivity contribution in [3.05, 3.63) is 11.6 Å². The first-order valence-electron chi connectivity index (χ1n) is 3.68. The van der Waals surface area contributed by atoms with E-state index < -0.39 is 11.7 Å². The highest BCUT2D eigenvalue weighted by atomic mass is 35.5. The molecule has 3 nitrogen and oxygen atoms in total. The fourth-order valence-electron chi connectivity index (χ4n) is 0.501. The van der Waals surface area contributed by atoms with Gasteiger partial charge in [0, 0.05) is 12.1 Å². The molecule has 12 heavy (non-hydrogen) atoms. The zero-order valence-electron chi connectivity index (χ0n) is 7.56. The third-order valence-electron chi connectivity index (χ3n) is 0.852. The highest BCUT2D eigenvalue weighted by Crippen LogP contribution is 2.05. The molecule has 0 aromatic rings. The molecule has 0 atom stereocenters. The monoisotopic (exact) mass is 191 g/mol. The number of amides is 1. The van der Waals surface area contributed by atoms with Gasteiger partial charge < -0.3 is 10.1 Å². The van der Waals surface area contributed by atoms with Gasteiger partial charge in [-0.2, -0.15) is 0 Å². The predicted molar refractivity (Wildman–Crippen MR) is 49.2 cm³/mol. The lowest BCUT2D eigenvalue weighted by molar-refractivity contribution is 0.0534. The molecule has 0 saturated heterocycles. The van der Waals surface area contributed by atoms with E-state index >= 15 is 0 Å². The second-order valence-corrected chi connectivity index (χ2v) is 3.50. The molecule has 0 heterocycles. The van der Waals surface area contributed by atoms with E-state index in [0.717, 1.165) is 0 Å². The maximum Gasteiger partial charge on any atom is 0.407 e. The van der Waals surface area contributed by atoms with Gasteiger partial charge in [-0.3, -0.25) is 0 Å². The Hall–Kier alpha value is -0.700. The van der Waals surface area contributed by atoms with Crippen LogP contribution in [0.4, 0.5) is 4.79 Å². The molecule has 0 fully saturated rings. The summed E-state index contributed by atoms with van der Waals surface area (Å²) in [4.78, 5) is 10.9. The van der Waals surface area contributed by atoms with E-state index in [2.05, 4.69) is 5.32 Å². The van der Waals surface area contributed by atoms with E-state index in [0.29, 0.717) is 6.54 Å². The van der Waals surface area contributed by atoms with E-state index in [4.69, 9.17) is 16.3 Å². The molecule has 0 rings (SSSR count). The molecule has 0 spiro atoms. The number of rotatable bonds is 2. The summed E-state index contributed by atoms with van der Waals surface area (Å²) < 4.78 is 4.96. The van der Waals surface area contributed by atoms with Crippen LogP contribution in [0.1, 0.15) is 20.8 Å². The standard InChI is InChI=1S/C8H14ClNO2/c1-8(2,3)12-7(11)10-6-4-5-9/h4-5H,6H2,1-3H3,(H,10,11)/b5-4+. The van der Waals surface area contributed by atoms with Gasteiger partial charge in [-0.1, -0.05) is 17.7 Å². The second-order valence-electron chi connectivity index (χ2n) is 3.24. The van der Waals surface area contributed by atoms with E-state index in [1.54, 1.807) is 6.08 Å². The number of halogens is 1. The summed E-state index contributed by atoms with van der Waals surface area (Å²) in [6, 6.07) is 0. The first-order chi connectivity index (χ1) is 5.45. The fourth-order valence-corrected chi connectivity index (χ4v) is 0.590. The molecule has 70 valence electrons. The third kappa shape index (κ3) is 7.41. The van der Waals surface area contributed by atoms with Crippen molar-refractivity contribution in [3.63, 3.8) is 0 Å². The smallest absolute Gasteiger partial charge is 0.407 e. The van der Waals surface area contributed by atoms with Crippen LogP contribution >= 0.6 is 11.6 Å². The Bertz CT molecular complexity index is 172. The van der Waals surface area contributed by atoms with Crippen LogP contribution in [0, 0.1) is 0 Å². The number of hydrogen-bond acceptors (Lipinski definition) is 2. The minimum atomic E-state index is -0.450. The topological polar surface area (TPSA) is 38.3 Å². The fraction of sp³-hybridized carbons (Fsp3) is 0.625. The number of alkyl carbamates (subject to hydrolysis) is 1. The molecule has 0 aliphatic heterocycles. The lowest BCUT2D eigenvalue weighted by atomic mass is 10.2. The zero-order chi connectivity index (χ0) is 9.61. The molecule has 0 aliphatic rings. The van der Waals surface area contributed by atoms with Crippen LogP contribution in [0.2, 0.25) is 0 Å². The average Bonchev–Trinajstić information content (AvgIpc) is 1.84. The Labute approximate surface area is 77.7 Å². The number of carbonyl (C=O) groups excluding carboxylic acids is 1. The van der Waals surface area contributed by atoms with Crippen molar-refractivity contribution in [2.45, 2.75) is 26.4 Å². The summed E-state index contributed by atoms with van der Waals surface area (Å²) in [5.41, 5.74) is 0.895. The molecular formula is C8H14ClNO2. The van der Waals surface area contributed by atoms with Crippen LogP contribution in [0.15, 0.2) is 11.6 Å². The van der Waals surface area contributed by atoms with Crippen LogP contribution in [0.5, 0.6) is 0 Å². The number of carbonyl (C=O) groups is 1. The van der Waals surface area contributed by atoms with E-state index in [1.165, 1.54) is 5.54 Å².